The molecule has 0 aliphatic carbocycles. The molecule has 1 aromatic heterocycles. The third kappa shape index (κ3) is 15.1. The lowest BCUT2D eigenvalue weighted by molar-refractivity contribution is -0.148. The Morgan fingerprint density at radius 2 is 1.47 bits per heavy atom. The van der Waals surface area contributed by atoms with Gasteiger partial charge in [-0.2, -0.15) is 0 Å². The number of hydrogen-bond acceptors (Lipinski definition) is 9. The average Bonchev–Trinajstić information content (AvgIpc) is 4.05. The molecule has 2 N–H and O–H groups in total. The Kier molecular flexibility index (Phi) is 19.8. The van der Waals surface area contributed by atoms with E-state index in [1.165, 1.54) is 42.9 Å². The van der Waals surface area contributed by atoms with Gasteiger partial charge in [-0.15, -0.1) is 0 Å². The molecule has 2 fully saturated rings. The lowest BCUT2D eigenvalue weighted by atomic mass is 9.93. The summed E-state index contributed by atoms with van der Waals surface area (Å²) in [5, 5.41) is 6.32. The zero-order valence-corrected chi connectivity index (χ0v) is 44.5. The number of benzene rings is 4. The summed E-state index contributed by atoms with van der Waals surface area (Å²) >= 11 is 12.8. The predicted octanol–water partition coefficient (Wildman–Crippen LogP) is 7.95. The highest BCUT2D eigenvalue weighted by Crippen LogP contribution is 2.33. The Hall–Kier alpha value is -6.40. The Bertz CT molecular complexity index is 2740. The zero-order chi connectivity index (χ0) is 53.8. The van der Waals surface area contributed by atoms with Crippen molar-refractivity contribution >= 4 is 52.7 Å². The number of halogens is 4. The van der Waals surface area contributed by atoms with Crippen LogP contribution in [0, 0.1) is 5.92 Å². The largest absolute Gasteiger partial charge is 0.457 e. The maximum atomic E-state index is 15.2. The van der Waals surface area contributed by atoms with E-state index >= 15 is 13.6 Å². The number of alkyl halides is 2. The van der Waals surface area contributed by atoms with Crippen molar-refractivity contribution < 1.29 is 42.2 Å². The first-order chi connectivity index (χ1) is 36.0. The number of amides is 5. The molecule has 5 aromatic rings. The molecule has 0 bridgehead atoms. The van der Waals surface area contributed by atoms with E-state index in [1.807, 2.05) is 43.6 Å². The molecule has 3 heterocycles. The van der Waals surface area contributed by atoms with Crippen LogP contribution in [0.3, 0.4) is 0 Å². The number of aromatic nitrogens is 2. The first-order valence-electron chi connectivity index (χ1n) is 25.2. The number of likely N-dealkylation sites (N-methyl/N-ethyl adjacent to an activating group) is 2. The van der Waals surface area contributed by atoms with Crippen LogP contribution in [-0.4, -0.2) is 137 Å². The summed E-state index contributed by atoms with van der Waals surface area (Å²) in [6.07, 6.45) is -0.442. The van der Waals surface area contributed by atoms with Crippen LogP contribution in [0.25, 0.3) is 11.3 Å². The lowest BCUT2D eigenvalue weighted by Crippen LogP contribution is -2.58. The lowest BCUT2D eigenvalue weighted by Gasteiger charge is -2.36. The summed E-state index contributed by atoms with van der Waals surface area (Å²) in [7, 11) is 6.36. The van der Waals surface area contributed by atoms with E-state index in [0.29, 0.717) is 16.3 Å². The number of likely N-dealkylation sites (tertiary alicyclic amines) is 1. The number of rotatable bonds is 15. The number of nitrogens with zero attached hydrogens (tertiary/aromatic N) is 6. The second kappa shape index (κ2) is 26.4. The highest BCUT2D eigenvalue weighted by molar-refractivity contribution is 6.31. The second-order valence-electron chi connectivity index (χ2n) is 19.5. The maximum Gasteiger partial charge on any atom is 0.247 e. The topological polar surface area (TPSA) is 159 Å². The molecule has 0 unspecified atom stereocenters. The van der Waals surface area contributed by atoms with Gasteiger partial charge in [0.05, 0.1) is 37.5 Å². The fourth-order valence-electron chi connectivity index (χ4n) is 9.62. The molecule has 0 spiro atoms. The number of ether oxygens (including phenoxy) is 2. The fourth-order valence-corrected chi connectivity index (χ4v) is 9.90. The molecule has 0 saturated carbocycles. The molecular weight excluding hydrogens is 1010 g/mol. The van der Waals surface area contributed by atoms with Crippen LogP contribution in [0.5, 0.6) is 11.5 Å². The first-order valence-corrected chi connectivity index (χ1v) is 26.0. The molecule has 4 aromatic carbocycles. The SMILES string of the molecule is COC[C@@H]1NC(=O)[C@H](CC(F)F)N(Cc2ccc(Cl)cc2Oc2ccc(-c3cnc(CN4CCCC4)n3C)cc2)C(=O)C[C@@H](Cc2ccccc2)C(=O)N(C)[C@@H](C)CNC(=O)C[C@H](Cc2ccc(Cl)cc2)N(C)C1=O. The molecule has 15 nitrogen and oxygen atoms in total. The monoisotopic (exact) mass is 1070 g/mol. The van der Waals surface area contributed by atoms with Crippen LogP contribution in [0.4, 0.5) is 8.78 Å². The summed E-state index contributed by atoms with van der Waals surface area (Å²) in [5.41, 5.74) is 3.61. The van der Waals surface area contributed by atoms with Crippen molar-refractivity contribution in [2.45, 2.75) is 95.6 Å². The van der Waals surface area contributed by atoms with Crippen molar-refractivity contribution in [1.82, 2.24) is 39.8 Å². The molecule has 5 atom stereocenters. The minimum atomic E-state index is -3.11. The van der Waals surface area contributed by atoms with Crippen molar-refractivity contribution in [2.75, 3.05) is 47.4 Å². The predicted molar refractivity (Wildman–Crippen MR) is 283 cm³/mol. The summed E-state index contributed by atoms with van der Waals surface area (Å²) < 4.78 is 44.0. The van der Waals surface area contributed by atoms with Crippen LogP contribution < -0.4 is 15.4 Å². The van der Waals surface area contributed by atoms with E-state index in [-0.39, 0.29) is 43.2 Å². The quantitative estimate of drug-likeness (QED) is 0.106. The van der Waals surface area contributed by atoms with Crippen molar-refractivity contribution in [1.29, 1.82) is 0 Å². The number of nitrogens with one attached hydrogen (secondary N) is 2. The Labute approximate surface area is 447 Å². The fraction of sp³-hybridized carbons (Fsp3) is 0.429. The minimum Gasteiger partial charge on any atom is -0.457 e. The van der Waals surface area contributed by atoms with E-state index < -0.39 is 85.4 Å². The maximum absolute atomic E-state index is 15.2. The van der Waals surface area contributed by atoms with Crippen molar-refractivity contribution in [3.8, 4) is 22.8 Å². The van der Waals surface area contributed by atoms with Gasteiger partial charge in [-0.3, -0.25) is 28.9 Å². The van der Waals surface area contributed by atoms with Crippen LogP contribution in [0.15, 0.2) is 103 Å². The van der Waals surface area contributed by atoms with Gasteiger partial charge >= 0.3 is 0 Å². The second-order valence-corrected chi connectivity index (χ2v) is 20.4. The van der Waals surface area contributed by atoms with E-state index in [0.717, 1.165) is 52.7 Å². The molecule has 2 aliphatic heterocycles. The third-order valence-electron chi connectivity index (χ3n) is 14.1. The molecule has 400 valence electrons. The standard InChI is InChI=1S/C56H66Cl2F2N8O7/c1-36-31-62-52(69)29-44(26-38-13-18-42(57)19-14-38)65(3)56(73)46(35-74-5)63-54(71)47(30-50(59)60)68(53(70)27-41(55(72)64(36)2)25-37-11-7-6-8-12-37)33-40-15-20-43(58)28-49(40)75-45-21-16-39(17-22-45)48-32-61-51(66(48)4)34-67-23-9-10-24-67/h6-8,11-22,28,32,36,41,44,46-47,50H,9-10,23-27,29-31,33-35H2,1-5H3,(H,62,69)(H,63,71)/t36-,41+,44-,46-,47-/m0/s1. The molecule has 2 aliphatic rings. The van der Waals surface area contributed by atoms with Gasteiger partial charge in [0.15, 0.2) is 0 Å². The molecular formula is C56H66Cl2F2N8O7. The third-order valence-corrected chi connectivity index (χ3v) is 14.6. The molecule has 7 rings (SSSR count). The average molecular weight is 1070 g/mol. The Morgan fingerprint density at radius 3 is 2.15 bits per heavy atom. The molecule has 19 heteroatoms. The van der Waals surface area contributed by atoms with Crippen LogP contribution in [-0.2, 0) is 61.7 Å². The molecule has 75 heavy (non-hydrogen) atoms. The van der Waals surface area contributed by atoms with Gasteiger partial charge in [0.25, 0.3) is 0 Å². The van der Waals surface area contributed by atoms with Crippen molar-refractivity contribution in [3.05, 3.63) is 136 Å². The van der Waals surface area contributed by atoms with Gasteiger partial charge in [0.2, 0.25) is 36.0 Å². The summed E-state index contributed by atoms with van der Waals surface area (Å²) in [6, 6.07) is 23.3. The summed E-state index contributed by atoms with van der Waals surface area (Å²) in [6.45, 7) is 3.81. The van der Waals surface area contributed by atoms with Gasteiger partial charge in [-0.1, -0.05) is 71.7 Å². The van der Waals surface area contributed by atoms with Gasteiger partial charge < -0.3 is 39.4 Å². The van der Waals surface area contributed by atoms with Gasteiger partial charge in [-0.25, -0.2) is 13.8 Å². The van der Waals surface area contributed by atoms with Gasteiger partial charge in [-0.05, 0) is 105 Å². The minimum absolute atomic E-state index is 0.0362. The Balaban J connectivity index is 1.25. The highest BCUT2D eigenvalue weighted by Gasteiger charge is 2.39. The highest BCUT2D eigenvalue weighted by atomic mass is 35.5. The smallest absolute Gasteiger partial charge is 0.247 e. The number of imidazole rings is 1. The Morgan fingerprint density at radius 1 is 0.787 bits per heavy atom. The van der Waals surface area contributed by atoms with Crippen molar-refractivity contribution in [2.24, 2.45) is 13.0 Å². The molecule has 5 amide bonds. The number of hydrogen-bond donors (Lipinski definition) is 2. The van der Waals surface area contributed by atoms with Crippen LogP contribution in [0.1, 0.15) is 61.5 Å². The van der Waals surface area contributed by atoms with E-state index in [2.05, 4.69) is 20.1 Å². The first kappa shape index (κ1) is 56.3. The number of carbonyl (C=O) groups excluding carboxylic acids is 5. The van der Waals surface area contributed by atoms with Crippen LogP contribution in [0.2, 0.25) is 10.0 Å². The van der Waals surface area contributed by atoms with Crippen LogP contribution >= 0.6 is 23.2 Å². The number of carbonyl (C=O) groups is 5. The number of methoxy groups -OCH3 is 1. The van der Waals surface area contributed by atoms with Crippen molar-refractivity contribution in [3.63, 3.8) is 0 Å². The molecule has 2 saturated heterocycles. The van der Waals surface area contributed by atoms with E-state index in [4.69, 9.17) is 37.7 Å². The van der Waals surface area contributed by atoms with Gasteiger partial charge in [0.1, 0.15) is 29.4 Å². The molecule has 0 radical (unpaired) electrons. The summed E-state index contributed by atoms with van der Waals surface area (Å²) in [4.78, 5) is 83.9. The zero-order valence-electron chi connectivity index (χ0n) is 43.0. The summed E-state index contributed by atoms with van der Waals surface area (Å²) in [5.74, 6) is -2.89. The van der Waals surface area contributed by atoms with E-state index in [9.17, 15) is 19.2 Å². The van der Waals surface area contributed by atoms with E-state index in [1.54, 1.807) is 74.6 Å². The normalized spacial score (nSPS) is 21.1. The van der Waals surface area contributed by atoms with Gasteiger partial charge in [0, 0.05) is 87.3 Å².